The molecule has 2 aromatic carbocycles. The summed E-state index contributed by atoms with van der Waals surface area (Å²) in [5.74, 6) is -0.917. The molecule has 2 rings (SSSR count). The van der Waals surface area contributed by atoms with Gasteiger partial charge in [-0.1, -0.05) is 48.0 Å². The van der Waals surface area contributed by atoms with Crippen LogP contribution in [0.4, 0.5) is 4.39 Å². The number of hydrogen-bond acceptors (Lipinski definition) is 2. The predicted octanol–water partition coefficient (Wildman–Crippen LogP) is 3.23. The van der Waals surface area contributed by atoms with Gasteiger partial charge in [0.05, 0.1) is 6.42 Å². The highest BCUT2D eigenvalue weighted by atomic mass is 19.1. The van der Waals surface area contributed by atoms with E-state index in [0.29, 0.717) is 18.7 Å². The van der Waals surface area contributed by atoms with Crippen molar-refractivity contribution in [1.82, 2.24) is 10.2 Å². The van der Waals surface area contributed by atoms with Crippen LogP contribution in [0.5, 0.6) is 0 Å². The lowest BCUT2D eigenvalue weighted by Crippen LogP contribution is -2.48. The van der Waals surface area contributed by atoms with Crippen LogP contribution < -0.4 is 5.32 Å². The number of amides is 2. The minimum absolute atomic E-state index is 0.0811. The van der Waals surface area contributed by atoms with Gasteiger partial charge in [-0.25, -0.2) is 4.39 Å². The van der Waals surface area contributed by atoms with Crippen molar-refractivity contribution in [1.29, 1.82) is 0 Å². The molecule has 0 fully saturated rings. The minimum atomic E-state index is -0.644. The molecule has 1 N–H and O–H groups in total. The molecule has 4 nitrogen and oxygen atoms in total. The molecule has 0 heterocycles. The van der Waals surface area contributed by atoms with Gasteiger partial charge in [0.15, 0.2) is 0 Å². The van der Waals surface area contributed by atoms with Gasteiger partial charge in [-0.2, -0.15) is 0 Å². The predicted molar refractivity (Wildman–Crippen MR) is 100.0 cm³/mol. The fraction of sp³-hybridized carbons (Fsp3) is 0.333. The Morgan fingerprint density at radius 2 is 1.88 bits per heavy atom. The molecular formula is C21H25FN2O2. The van der Waals surface area contributed by atoms with Gasteiger partial charge in [0.1, 0.15) is 11.9 Å². The molecule has 0 bridgehead atoms. The zero-order chi connectivity index (χ0) is 19.1. The van der Waals surface area contributed by atoms with E-state index in [4.69, 9.17) is 0 Å². The topological polar surface area (TPSA) is 49.4 Å². The highest BCUT2D eigenvalue weighted by molar-refractivity contribution is 5.88. The van der Waals surface area contributed by atoms with Crippen molar-refractivity contribution in [2.45, 2.75) is 39.8 Å². The normalized spacial score (nSPS) is 11.7. The Hall–Kier alpha value is -2.69. The molecule has 0 unspecified atom stereocenters. The molecule has 0 aliphatic rings. The van der Waals surface area contributed by atoms with E-state index in [0.717, 1.165) is 11.1 Å². The SMILES string of the molecule is CCNC(=O)[C@H](C)N(Cc1cccc(C)c1)C(=O)Cc1ccccc1F. The Labute approximate surface area is 154 Å². The van der Waals surface area contributed by atoms with Gasteiger partial charge >= 0.3 is 0 Å². The Morgan fingerprint density at radius 3 is 2.54 bits per heavy atom. The molecule has 0 aromatic heterocycles. The fourth-order valence-electron chi connectivity index (χ4n) is 2.82. The number of likely N-dealkylation sites (N-methyl/N-ethyl adjacent to an activating group) is 1. The Bertz CT molecular complexity index is 776. The lowest BCUT2D eigenvalue weighted by molar-refractivity contribution is -0.140. The summed E-state index contributed by atoms with van der Waals surface area (Å²) < 4.78 is 13.9. The second-order valence-electron chi connectivity index (χ2n) is 6.35. The molecule has 0 saturated heterocycles. The van der Waals surface area contributed by atoms with Crippen LogP contribution in [-0.2, 0) is 22.6 Å². The van der Waals surface area contributed by atoms with Crippen LogP contribution in [0.2, 0.25) is 0 Å². The third-order valence-electron chi connectivity index (χ3n) is 4.25. The van der Waals surface area contributed by atoms with E-state index in [1.54, 1.807) is 25.1 Å². The van der Waals surface area contributed by atoms with Crippen molar-refractivity contribution in [3.05, 3.63) is 71.0 Å². The zero-order valence-corrected chi connectivity index (χ0v) is 15.5. The molecule has 0 radical (unpaired) electrons. The van der Waals surface area contributed by atoms with Crippen LogP contribution in [-0.4, -0.2) is 29.3 Å². The largest absolute Gasteiger partial charge is 0.355 e. The molecule has 0 aliphatic carbocycles. The monoisotopic (exact) mass is 356 g/mol. The van der Waals surface area contributed by atoms with Crippen molar-refractivity contribution >= 4 is 11.8 Å². The number of halogens is 1. The minimum Gasteiger partial charge on any atom is -0.355 e. The summed E-state index contributed by atoms with van der Waals surface area (Å²) in [5, 5.41) is 2.75. The summed E-state index contributed by atoms with van der Waals surface area (Å²) in [4.78, 5) is 26.7. The fourth-order valence-corrected chi connectivity index (χ4v) is 2.82. The van der Waals surface area contributed by atoms with Gasteiger partial charge < -0.3 is 10.2 Å². The van der Waals surface area contributed by atoms with Crippen LogP contribution in [0.1, 0.15) is 30.5 Å². The summed E-state index contributed by atoms with van der Waals surface area (Å²) in [6, 6.07) is 13.4. The third kappa shape index (κ3) is 5.15. The molecule has 0 aliphatic heterocycles. The van der Waals surface area contributed by atoms with Gasteiger partial charge in [0.2, 0.25) is 11.8 Å². The number of carbonyl (C=O) groups is 2. The molecule has 5 heteroatoms. The van der Waals surface area contributed by atoms with Gasteiger partial charge in [-0.05, 0) is 38.0 Å². The standard InChI is InChI=1S/C21H25FN2O2/c1-4-23-21(26)16(3)24(14-17-9-7-8-15(2)12-17)20(25)13-18-10-5-6-11-19(18)22/h5-12,16H,4,13-14H2,1-3H3,(H,23,26)/t16-/m0/s1. The summed E-state index contributed by atoms with van der Waals surface area (Å²) >= 11 is 0. The molecule has 2 amide bonds. The van der Waals surface area contributed by atoms with Crippen molar-refractivity contribution in [2.75, 3.05) is 6.54 Å². The first kappa shape index (κ1) is 19.6. The number of carbonyl (C=O) groups excluding carboxylic acids is 2. The molecule has 1 atom stereocenters. The maximum absolute atomic E-state index is 13.9. The van der Waals surface area contributed by atoms with E-state index in [1.165, 1.54) is 11.0 Å². The van der Waals surface area contributed by atoms with Gasteiger partial charge in [0.25, 0.3) is 0 Å². The van der Waals surface area contributed by atoms with Crippen LogP contribution >= 0.6 is 0 Å². The van der Waals surface area contributed by atoms with Gasteiger partial charge in [-0.15, -0.1) is 0 Å². The van der Waals surface area contributed by atoms with E-state index in [-0.39, 0.29) is 18.2 Å². The van der Waals surface area contributed by atoms with E-state index in [2.05, 4.69) is 5.32 Å². The summed E-state index contributed by atoms with van der Waals surface area (Å²) in [7, 11) is 0. The van der Waals surface area contributed by atoms with Gasteiger partial charge in [0, 0.05) is 13.1 Å². The maximum atomic E-state index is 13.9. The van der Waals surface area contributed by atoms with Crippen LogP contribution in [0, 0.1) is 12.7 Å². The van der Waals surface area contributed by atoms with Crippen molar-refractivity contribution in [2.24, 2.45) is 0 Å². The maximum Gasteiger partial charge on any atom is 0.242 e. The summed E-state index contributed by atoms with van der Waals surface area (Å²) in [6.07, 6.45) is -0.0811. The summed E-state index contributed by atoms with van der Waals surface area (Å²) in [5.41, 5.74) is 2.34. The second-order valence-corrected chi connectivity index (χ2v) is 6.35. The molecule has 26 heavy (non-hydrogen) atoms. The highest BCUT2D eigenvalue weighted by Crippen LogP contribution is 2.15. The Balaban J connectivity index is 2.25. The molecule has 138 valence electrons. The zero-order valence-electron chi connectivity index (χ0n) is 15.5. The Kier molecular flexibility index (Phi) is 6.89. The number of nitrogens with zero attached hydrogens (tertiary/aromatic N) is 1. The average molecular weight is 356 g/mol. The van der Waals surface area contributed by atoms with Crippen molar-refractivity contribution < 1.29 is 14.0 Å². The summed E-state index contributed by atoms with van der Waals surface area (Å²) in [6.45, 7) is 6.29. The van der Waals surface area contributed by atoms with Crippen molar-refractivity contribution in [3.8, 4) is 0 Å². The number of hydrogen-bond donors (Lipinski definition) is 1. The first-order chi connectivity index (χ1) is 12.4. The smallest absolute Gasteiger partial charge is 0.242 e. The second kappa shape index (κ2) is 9.13. The van der Waals surface area contributed by atoms with Crippen LogP contribution in [0.15, 0.2) is 48.5 Å². The lowest BCUT2D eigenvalue weighted by atomic mass is 10.1. The van der Waals surface area contributed by atoms with Gasteiger partial charge in [-0.3, -0.25) is 9.59 Å². The molecule has 0 spiro atoms. The number of rotatable bonds is 7. The van der Waals surface area contributed by atoms with Crippen LogP contribution in [0.3, 0.4) is 0 Å². The van der Waals surface area contributed by atoms with E-state index in [1.807, 2.05) is 38.1 Å². The highest BCUT2D eigenvalue weighted by Gasteiger charge is 2.26. The number of nitrogens with one attached hydrogen (secondary N) is 1. The third-order valence-corrected chi connectivity index (χ3v) is 4.25. The average Bonchev–Trinajstić information content (AvgIpc) is 2.61. The van der Waals surface area contributed by atoms with E-state index >= 15 is 0 Å². The quantitative estimate of drug-likeness (QED) is 0.828. The molecular weight excluding hydrogens is 331 g/mol. The molecule has 0 saturated carbocycles. The van der Waals surface area contributed by atoms with E-state index < -0.39 is 11.9 Å². The Morgan fingerprint density at radius 1 is 1.15 bits per heavy atom. The molecule has 2 aromatic rings. The number of aryl methyl sites for hydroxylation is 1. The van der Waals surface area contributed by atoms with Crippen LogP contribution in [0.25, 0.3) is 0 Å². The lowest BCUT2D eigenvalue weighted by Gasteiger charge is -2.29. The first-order valence-electron chi connectivity index (χ1n) is 8.78. The first-order valence-corrected chi connectivity index (χ1v) is 8.78. The number of benzene rings is 2. The van der Waals surface area contributed by atoms with Crippen molar-refractivity contribution in [3.63, 3.8) is 0 Å². The van der Waals surface area contributed by atoms with E-state index in [9.17, 15) is 14.0 Å².